The largest absolute Gasteiger partial charge is 0.463 e. The minimum atomic E-state index is -1.57. The molecule has 45 heteroatoms. The van der Waals surface area contributed by atoms with E-state index >= 15 is 4.79 Å². The second-order valence-corrected chi connectivity index (χ2v) is 31.4. The van der Waals surface area contributed by atoms with Crippen LogP contribution in [0.15, 0.2) is 0 Å². The van der Waals surface area contributed by atoms with Gasteiger partial charge in [0, 0.05) is 145 Å². The Kier molecular flexibility index (Phi) is 49.2. The highest BCUT2D eigenvalue weighted by molar-refractivity contribution is 7.44. The first-order chi connectivity index (χ1) is 58.2. The van der Waals surface area contributed by atoms with Gasteiger partial charge in [-0.3, -0.25) is 71.9 Å². The minimum Gasteiger partial charge on any atom is -0.463 e. The van der Waals surface area contributed by atoms with Gasteiger partial charge in [-0.05, 0) is 78.9 Å². The van der Waals surface area contributed by atoms with Crippen LogP contribution in [0.1, 0.15) is 174 Å². The van der Waals surface area contributed by atoms with Crippen LogP contribution in [0.4, 0.5) is 0 Å². The molecule has 3 heterocycles. The van der Waals surface area contributed by atoms with Gasteiger partial charge in [-0.15, -0.1) is 0 Å². The maximum absolute atomic E-state index is 15.0. The van der Waals surface area contributed by atoms with Gasteiger partial charge in [0.15, 0.2) is 55.5 Å². The molecule has 0 aromatic carbocycles. The number of carbonyl (C=O) groups is 15. The lowest BCUT2D eigenvalue weighted by molar-refractivity contribution is -0.279. The first kappa shape index (κ1) is 107. The van der Waals surface area contributed by atoms with Crippen LogP contribution in [0.3, 0.4) is 0 Å². The molecule has 16 unspecified atom stereocenters. The molecular formula is C78H128N9O35P. The number of amides is 6. The van der Waals surface area contributed by atoms with Gasteiger partial charge >= 0.3 is 53.7 Å². The summed E-state index contributed by atoms with van der Waals surface area (Å²) < 4.78 is 117. The normalized spacial score (nSPS) is 25.1. The number of hydrogen-bond acceptors (Lipinski definition) is 38. The molecule has 1 saturated carbocycles. The molecule has 6 amide bonds. The van der Waals surface area contributed by atoms with Crippen LogP contribution in [-0.2, 0) is 166 Å². The number of nitrogens with one attached hydrogen (secondary N) is 7. The maximum Gasteiger partial charge on any atom is 0.303 e. The molecule has 9 N–H and O–H groups in total. The Morgan fingerprint density at radius 2 is 0.772 bits per heavy atom. The van der Waals surface area contributed by atoms with E-state index in [1.165, 1.54) is 20.1 Å². The molecule has 0 radical (unpaired) electrons. The average molecular weight is 1780 g/mol. The van der Waals surface area contributed by atoms with Crippen molar-refractivity contribution in [1.29, 1.82) is 5.41 Å². The predicted octanol–water partition coefficient (Wildman–Crippen LogP) is 0.398. The molecule has 0 aromatic heterocycles. The first-order valence-corrected chi connectivity index (χ1v) is 42.1. The Hall–Kier alpha value is -8.37. The van der Waals surface area contributed by atoms with Crippen molar-refractivity contribution in [1.82, 2.24) is 36.6 Å². The number of nitrogens with two attached hydrogens (primary N) is 1. The molecule has 0 spiro atoms. The molecule has 1 aliphatic carbocycles. The van der Waals surface area contributed by atoms with Gasteiger partial charge in [0.25, 0.3) is 8.53 Å². The van der Waals surface area contributed by atoms with E-state index in [0.717, 1.165) is 62.3 Å². The molecule has 4 fully saturated rings. The fourth-order valence-electron chi connectivity index (χ4n) is 13.8. The fraction of sp³-hybridized carbons (Fsp3) is 0.795. The summed E-state index contributed by atoms with van der Waals surface area (Å²) in [5.74, 6) is -10.5. The molecule has 0 aromatic rings. The van der Waals surface area contributed by atoms with Crippen molar-refractivity contribution in [3.8, 4) is 0 Å². The van der Waals surface area contributed by atoms with Crippen LogP contribution < -0.4 is 37.6 Å². The third-order valence-corrected chi connectivity index (χ3v) is 21.2. The van der Waals surface area contributed by atoms with Crippen molar-refractivity contribution < 1.29 is 166 Å². The molecule has 44 nitrogen and oxygen atoms in total. The lowest BCUT2D eigenvalue weighted by atomic mass is 9.81. The number of nitrogens with zero attached hydrogens (tertiary/aromatic N) is 1. The van der Waals surface area contributed by atoms with E-state index in [0.29, 0.717) is 32.1 Å². The van der Waals surface area contributed by atoms with Crippen LogP contribution in [0, 0.1) is 11.3 Å². The van der Waals surface area contributed by atoms with Gasteiger partial charge in [-0.25, -0.2) is 4.67 Å². The average Bonchev–Trinajstić information content (AvgIpc) is 0.790. The molecule has 3 saturated heterocycles. The molecule has 123 heavy (non-hydrogen) atoms. The molecule has 3 aliphatic heterocycles. The van der Waals surface area contributed by atoms with Gasteiger partial charge < -0.3 is 137 Å². The Labute approximate surface area is 716 Å². The zero-order chi connectivity index (χ0) is 91.5. The second kappa shape index (κ2) is 56.6. The van der Waals surface area contributed by atoms with Gasteiger partial charge in [0.05, 0.1) is 78.2 Å². The van der Waals surface area contributed by atoms with Gasteiger partial charge in [0.1, 0.15) is 50.2 Å². The second-order valence-electron chi connectivity index (χ2n) is 30.0. The van der Waals surface area contributed by atoms with E-state index in [1.807, 2.05) is 27.7 Å². The summed E-state index contributed by atoms with van der Waals surface area (Å²) in [4.78, 5) is 191. The summed E-state index contributed by atoms with van der Waals surface area (Å²) in [6.07, 6.45) is -13.8. The van der Waals surface area contributed by atoms with Crippen molar-refractivity contribution in [2.75, 3.05) is 106 Å². The van der Waals surface area contributed by atoms with E-state index < -0.39 is 221 Å². The van der Waals surface area contributed by atoms with Crippen LogP contribution in [0.2, 0.25) is 0 Å². The van der Waals surface area contributed by atoms with Crippen LogP contribution in [-0.4, -0.2) is 321 Å². The Balaban J connectivity index is 1.58. The van der Waals surface area contributed by atoms with Crippen LogP contribution in [0.5, 0.6) is 0 Å². The zero-order valence-corrected chi connectivity index (χ0v) is 73.8. The SMILES string of the molecule is CC(=O)NC1C(OCCOCCNC(=O)CCC(CCC(=O)NCCOCCOC2OC(COC(C)=O)C(OC(C)=O)C(OC(C)=O)C2N)(CCC(=O)NCCOCCOC2OC(COC(C)=O)C(OC(C)=O)C(OC(C)=O)C2NC(C)=O)NC(=O)C2CCC(OP(OCCC=N)N(C(C)C)C(C)C)CC2)OC(COC(C)=O)C(OC(C)=O)C1OC(C)=O. The standard InChI is InChI=1S/C78H128N9O35P/c1-44(2)87(45(3)4)123(112-31-16-27-79)122-58-19-17-57(18-20-58)74(102)86-78(24-21-62(99)81-28-32-103-35-38-106-75-65(80)71(116-54(13)96)68(113-51(10)93)59(119-75)41-109-48(7)90,25-22-63(100)82-29-33-104-36-39-107-76-66(84-46(5)88)72(117-55(14)97)69(114-52(11)94)60(120-76)42-110-49(8)91)26-23-64(101)83-30-34-105-37-40-108-77-67(85-47(6)89)73(118-56(15)98)70(115-53(12)95)61(121-77)43-111-50(9)92/h27,44-45,57-61,65-73,75-77,79H,16-26,28-43,80H2,1-15H3,(H,81,99)(H,82,100)(H,83,101)(H,84,88)(H,85,89)(H,86,102). The molecule has 16 atom stereocenters. The van der Waals surface area contributed by atoms with Crippen molar-refractivity contribution >= 4 is 104 Å². The molecular weight excluding hydrogens is 1650 g/mol. The van der Waals surface area contributed by atoms with E-state index in [4.69, 9.17) is 105 Å². The highest BCUT2D eigenvalue weighted by Gasteiger charge is 2.54. The fourth-order valence-corrected chi connectivity index (χ4v) is 15.6. The lowest BCUT2D eigenvalue weighted by Crippen LogP contribution is -2.66. The van der Waals surface area contributed by atoms with Gasteiger partial charge in [-0.2, -0.15) is 0 Å². The molecule has 0 bridgehead atoms. The van der Waals surface area contributed by atoms with Crippen molar-refractivity contribution in [2.24, 2.45) is 11.7 Å². The highest BCUT2D eigenvalue weighted by atomic mass is 31.2. The van der Waals surface area contributed by atoms with E-state index in [9.17, 15) is 67.1 Å². The molecule has 700 valence electrons. The number of carbonyl (C=O) groups excluding carboxylic acids is 15. The van der Waals surface area contributed by atoms with Crippen LogP contribution >= 0.6 is 8.53 Å². The summed E-state index contributed by atoms with van der Waals surface area (Å²) >= 11 is 0. The summed E-state index contributed by atoms with van der Waals surface area (Å²) in [6.45, 7) is 18.1. The van der Waals surface area contributed by atoms with E-state index in [1.54, 1.807) is 0 Å². The zero-order valence-electron chi connectivity index (χ0n) is 72.9. The number of ether oxygens (including phenoxy) is 18. The summed E-state index contributed by atoms with van der Waals surface area (Å²) in [7, 11) is -1.57. The smallest absolute Gasteiger partial charge is 0.303 e. The first-order valence-electron chi connectivity index (χ1n) is 41.0. The predicted molar refractivity (Wildman–Crippen MR) is 426 cm³/mol. The molecule has 4 rings (SSSR count). The Morgan fingerprint density at radius 1 is 0.439 bits per heavy atom. The monoisotopic (exact) mass is 1780 g/mol. The summed E-state index contributed by atoms with van der Waals surface area (Å²) in [5, 5.41) is 24.5. The van der Waals surface area contributed by atoms with Gasteiger partial charge in [-0.1, -0.05) is 0 Å². The van der Waals surface area contributed by atoms with E-state index in [2.05, 4.69) is 36.6 Å². The highest BCUT2D eigenvalue weighted by Crippen LogP contribution is 2.49. The number of rotatable bonds is 55. The Bertz CT molecular complexity index is 3280. The topological polar surface area (TPSA) is 566 Å². The quantitative estimate of drug-likeness (QED) is 0.0134. The van der Waals surface area contributed by atoms with Crippen LogP contribution in [0.25, 0.3) is 0 Å². The maximum atomic E-state index is 15.0. The van der Waals surface area contributed by atoms with Crippen molar-refractivity contribution in [3.05, 3.63) is 0 Å². The number of hydrogen-bond donors (Lipinski definition) is 8. The summed E-state index contributed by atoms with van der Waals surface area (Å²) in [5.41, 5.74) is 4.99. The third kappa shape index (κ3) is 40.7. The van der Waals surface area contributed by atoms with Crippen molar-refractivity contribution in [3.63, 3.8) is 0 Å². The van der Waals surface area contributed by atoms with Crippen molar-refractivity contribution in [2.45, 2.75) is 290 Å². The lowest BCUT2D eigenvalue weighted by Gasteiger charge is -2.44. The minimum absolute atomic E-state index is 0.0431. The Morgan fingerprint density at radius 3 is 1.11 bits per heavy atom. The third-order valence-electron chi connectivity index (χ3n) is 19.0. The van der Waals surface area contributed by atoms with E-state index in [-0.39, 0.29) is 142 Å². The molecule has 4 aliphatic rings. The number of esters is 9. The summed E-state index contributed by atoms with van der Waals surface area (Å²) in [6, 6.07) is -3.61. The van der Waals surface area contributed by atoms with Gasteiger partial charge in [0.2, 0.25) is 35.4 Å².